The highest BCUT2D eigenvalue weighted by molar-refractivity contribution is 5.88. The van der Waals surface area contributed by atoms with Gasteiger partial charge in [0.25, 0.3) is 0 Å². The first kappa shape index (κ1) is 26.5. The molecule has 1 aliphatic heterocycles. The smallest absolute Gasteiger partial charge is 0.442 e. The monoisotopic (exact) mass is 533 g/mol. The predicted octanol–water partition coefficient (Wildman–Crippen LogP) is 3.37. The minimum atomic E-state index is -0.840. The Morgan fingerprint density at radius 1 is 1.15 bits per heavy atom. The van der Waals surface area contributed by atoms with Crippen molar-refractivity contribution in [2.45, 2.75) is 52.5 Å². The normalized spacial score (nSPS) is 16.0. The van der Waals surface area contributed by atoms with E-state index in [0.29, 0.717) is 41.4 Å². The molecule has 0 amide bonds. The van der Waals surface area contributed by atoms with Crippen LogP contribution in [0.15, 0.2) is 41.5 Å². The second-order valence-corrected chi connectivity index (χ2v) is 10.5. The summed E-state index contributed by atoms with van der Waals surface area (Å²) in [6.45, 7) is 11.5. The zero-order chi connectivity index (χ0) is 28.0. The lowest BCUT2D eigenvalue weighted by molar-refractivity contribution is -0.569. The topological polar surface area (TPSA) is 123 Å². The molecule has 11 heteroatoms. The molecule has 0 saturated carbocycles. The molecule has 1 atom stereocenters. The molecule has 39 heavy (non-hydrogen) atoms. The first-order valence-electron chi connectivity index (χ1n) is 13.1. The van der Waals surface area contributed by atoms with Gasteiger partial charge in [0.15, 0.2) is 23.0 Å². The van der Waals surface area contributed by atoms with Crippen molar-refractivity contribution < 1.29 is 14.2 Å². The summed E-state index contributed by atoms with van der Waals surface area (Å²) in [5, 5.41) is 28.2. The van der Waals surface area contributed by atoms with Gasteiger partial charge in [-0.15, -0.1) is 4.57 Å². The number of nitrogens with zero attached hydrogens (tertiary/aromatic N) is 6. The molecule has 0 radical (unpaired) electrons. The van der Waals surface area contributed by atoms with Gasteiger partial charge in [0.05, 0.1) is 17.0 Å². The molecular formula is C28H32FN7O3. The van der Waals surface area contributed by atoms with Crippen molar-refractivity contribution >= 4 is 16.9 Å². The Balaban J connectivity index is 1.98. The quantitative estimate of drug-likeness (QED) is 0.296. The lowest BCUT2D eigenvalue weighted by Gasteiger charge is -2.35. The number of halogens is 1. The van der Waals surface area contributed by atoms with Gasteiger partial charge in [-0.3, -0.25) is 0 Å². The molecule has 10 nitrogen and oxygen atoms in total. The number of anilines is 1. The van der Waals surface area contributed by atoms with Crippen LogP contribution in [0.5, 0.6) is 5.75 Å². The number of hydrogen-bond donors (Lipinski definition) is 2. The van der Waals surface area contributed by atoms with Gasteiger partial charge >= 0.3 is 11.3 Å². The summed E-state index contributed by atoms with van der Waals surface area (Å²) in [6.07, 6.45) is 1.45. The largest absolute Gasteiger partial charge is 0.710 e. The molecule has 4 aromatic rings. The highest BCUT2D eigenvalue weighted by Gasteiger charge is 2.34. The van der Waals surface area contributed by atoms with Crippen molar-refractivity contribution in [3.8, 4) is 22.7 Å². The third kappa shape index (κ3) is 4.46. The van der Waals surface area contributed by atoms with E-state index in [-0.39, 0.29) is 46.0 Å². The maximum Gasteiger partial charge on any atom is 0.442 e. The van der Waals surface area contributed by atoms with E-state index in [4.69, 9.17) is 0 Å². The van der Waals surface area contributed by atoms with Crippen LogP contribution in [0.4, 0.5) is 10.2 Å². The lowest BCUT2D eigenvalue weighted by atomic mass is 10.0. The molecule has 2 N–H and O–H groups in total. The van der Waals surface area contributed by atoms with Crippen LogP contribution in [-0.2, 0) is 0 Å². The fourth-order valence-electron chi connectivity index (χ4n) is 5.21. The van der Waals surface area contributed by atoms with Gasteiger partial charge in [-0.05, 0) is 37.0 Å². The minimum Gasteiger partial charge on any atom is -0.710 e. The van der Waals surface area contributed by atoms with Crippen LogP contribution in [-0.4, -0.2) is 50.3 Å². The van der Waals surface area contributed by atoms with Gasteiger partial charge in [0.1, 0.15) is 17.5 Å². The Bertz CT molecular complexity index is 1590. The molecule has 1 saturated heterocycles. The van der Waals surface area contributed by atoms with Crippen LogP contribution in [0.3, 0.4) is 0 Å². The molecule has 0 unspecified atom stereocenters. The average Bonchev–Trinajstić information content (AvgIpc) is 2.89. The molecular weight excluding hydrogens is 501 g/mol. The summed E-state index contributed by atoms with van der Waals surface area (Å²) < 4.78 is 17.4. The van der Waals surface area contributed by atoms with E-state index in [1.165, 1.54) is 29.1 Å². The second-order valence-electron chi connectivity index (χ2n) is 10.5. The zero-order valence-corrected chi connectivity index (χ0v) is 22.6. The molecule has 1 aromatic carbocycles. The first-order chi connectivity index (χ1) is 18.6. The summed E-state index contributed by atoms with van der Waals surface area (Å²) in [5.41, 5.74) is 0.316. The number of fused-ring (bicyclic) bond motifs is 1. The molecule has 5 rings (SSSR count). The number of pyridine rings is 1. The second kappa shape index (κ2) is 10.2. The Hall–Kier alpha value is -4.12. The number of benzene rings is 1. The van der Waals surface area contributed by atoms with Crippen molar-refractivity contribution in [1.29, 1.82) is 0 Å². The van der Waals surface area contributed by atoms with Crippen LogP contribution in [0.25, 0.3) is 28.0 Å². The first-order valence-corrected chi connectivity index (χ1v) is 13.1. The number of hydrogen-bond acceptors (Lipinski definition) is 8. The third-order valence-electron chi connectivity index (χ3n) is 7.11. The van der Waals surface area contributed by atoms with E-state index in [2.05, 4.69) is 20.3 Å². The van der Waals surface area contributed by atoms with E-state index in [1.807, 2.05) is 39.5 Å². The molecule has 1 aliphatic rings. The third-order valence-corrected chi connectivity index (χ3v) is 7.11. The molecule has 4 heterocycles. The summed E-state index contributed by atoms with van der Waals surface area (Å²) >= 11 is 0. The van der Waals surface area contributed by atoms with Crippen LogP contribution >= 0.6 is 0 Å². The van der Waals surface area contributed by atoms with Gasteiger partial charge in [0, 0.05) is 25.7 Å². The Kier molecular flexibility index (Phi) is 6.94. The van der Waals surface area contributed by atoms with Gasteiger partial charge in [-0.1, -0.05) is 39.8 Å². The molecule has 3 aromatic heterocycles. The Morgan fingerprint density at radius 3 is 2.44 bits per heavy atom. The number of phenols is 1. The average molecular weight is 534 g/mol. The van der Waals surface area contributed by atoms with E-state index in [0.717, 1.165) is 0 Å². The van der Waals surface area contributed by atoms with Crippen LogP contribution < -0.4 is 20.6 Å². The number of rotatable bonds is 5. The fourth-order valence-corrected chi connectivity index (χ4v) is 5.21. The highest BCUT2D eigenvalue weighted by Crippen LogP contribution is 2.35. The fraction of sp³-hybridized carbons (Fsp3) is 0.393. The van der Waals surface area contributed by atoms with E-state index < -0.39 is 17.2 Å². The number of aromatic hydroxyl groups is 1. The van der Waals surface area contributed by atoms with Crippen molar-refractivity contribution in [3.63, 3.8) is 0 Å². The van der Waals surface area contributed by atoms with Crippen LogP contribution in [0, 0.1) is 11.0 Å². The van der Waals surface area contributed by atoms with Crippen LogP contribution in [0.2, 0.25) is 0 Å². The van der Waals surface area contributed by atoms with Gasteiger partial charge in [-0.2, -0.15) is 4.98 Å². The summed E-state index contributed by atoms with van der Waals surface area (Å²) in [7, 11) is 0. The van der Waals surface area contributed by atoms with Crippen molar-refractivity contribution in [2.24, 2.45) is 0 Å². The number of aromatic nitrogens is 5. The number of phenolic OH excluding ortho intramolecular Hbond substituents is 1. The molecule has 0 aliphatic carbocycles. The van der Waals surface area contributed by atoms with E-state index >= 15 is 4.39 Å². The predicted molar refractivity (Wildman–Crippen MR) is 147 cm³/mol. The maximum absolute atomic E-state index is 15.8. The van der Waals surface area contributed by atoms with E-state index in [9.17, 15) is 15.1 Å². The number of nitrogens with one attached hydrogen (secondary N) is 1. The van der Waals surface area contributed by atoms with Crippen LogP contribution in [0.1, 0.15) is 57.8 Å². The maximum atomic E-state index is 15.8. The summed E-state index contributed by atoms with van der Waals surface area (Å²) in [6, 6.07) is 7.20. The van der Waals surface area contributed by atoms with Crippen molar-refractivity contribution in [2.75, 3.05) is 24.5 Å². The Labute approximate surface area is 225 Å². The lowest BCUT2D eigenvalue weighted by Crippen LogP contribution is -2.51. The van der Waals surface area contributed by atoms with Crippen molar-refractivity contribution in [1.82, 2.24) is 24.8 Å². The van der Waals surface area contributed by atoms with E-state index in [1.54, 1.807) is 12.1 Å². The zero-order valence-electron chi connectivity index (χ0n) is 22.6. The standard InChI is InChI=1S/C28H32FN7O3/c1-15(2)22-25(23(16(3)4)32-14-31-22)35-27-19(26(33-28(35)38)34-11-10-30-13-17(34)5)12-20(29)24(36(27)39)18-8-6-7-9-21(18)37/h6-9,12,14-17,30,37H,10-11,13H2,1-5H3/t17-/m0/s1. The molecule has 1 fully saturated rings. The van der Waals surface area contributed by atoms with Gasteiger partial charge < -0.3 is 20.5 Å². The van der Waals surface area contributed by atoms with Gasteiger partial charge in [0.2, 0.25) is 0 Å². The summed E-state index contributed by atoms with van der Waals surface area (Å²) in [5.74, 6) is -1.09. The minimum absolute atomic E-state index is 0.0114. The number of piperazine rings is 1. The SMILES string of the molecule is CC(C)c1ncnc(C(C)C)c1-n1c(=O)nc(N2CCNC[C@@H]2C)c2cc(F)c(-c3ccccc3O)[n+]([O-])c21. The molecule has 0 spiro atoms. The highest BCUT2D eigenvalue weighted by atomic mass is 19.1. The molecule has 204 valence electrons. The number of para-hydroxylation sites is 1. The van der Waals surface area contributed by atoms with Gasteiger partial charge in [-0.25, -0.2) is 23.9 Å². The molecule has 0 bridgehead atoms. The Morgan fingerprint density at radius 2 is 1.82 bits per heavy atom. The summed E-state index contributed by atoms with van der Waals surface area (Å²) in [4.78, 5) is 29.3. The van der Waals surface area contributed by atoms with Crippen molar-refractivity contribution in [3.05, 3.63) is 69.6 Å².